The van der Waals surface area contributed by atoms with Crippen molar-refractivity contribution in [3.8, 4) is 17.0 Å². The van der Waals surface area contributed by atoms with Gasteiger partial charge >= 0.3 is 0 Å². The van der Waals surface area contributed by atoms with Gasteiger partial charge in [-0.05, 0) is 50.2 Å². The molecule has 0 saturated carbocycles. The van der Waals surface area contributed by atoms with Gasteiger partial charge in [-0.1, -0.05) is 52.6 Å². The number of thiazole rings is 1. The maximum absolute atomic E-state index is 12.6. The van der Waals surface area contributed by atoms with Crippen LogP contribution in [0.3, 0.4) is 0 Å². The van der Waals surface area contributed by atoms with E-state index in [-0.39, 0.29) is 17.8 Å². The quantitative estimate of drug-likeness (QED) is 0.214. The van der Waals surface area contributed by atoms with Crippen LogP contribution in [0.15, 0.2) is 53.0 Å². The van der Waals surface area contributed by atoms with E-state index in [4.69, 9.17) is 39.5 Å². The van der Waals surface area contributed by atoms with Gasteiger partial charge in [0.15, 0.2) is 22.2 Å². The van der Waals surface area contributed by atoms with Crippen LogP contribution in [0.5, 0.6) is 5.75 Å². The van der Waals surface area contributed by atoms with Gasteiger partial charge < -0.3 is 14.6 Å². The number of nitrogens with zero attached hydrogens (tertiary/aromatic N) is 4. The summed E-state index contributed by atoms with van der Waals surface area (Å²) in [5.74, 6) is 1.26. The lowest BCUT2D eigenvalue weighted by Gasteiger charge is -2.15. The van der Waals surface area contributed by atoms with E-state index in [9.17, 15) is 4.79 Å². The molecule has 0 saturated heterocycles. The highest BCUT2D eigenvalue weighted by Gasteiger charge is 2.20. The molecule has 4 aromatic rings. The van der Waals surface area contributed by atoms with E-state index in [0.717, 1.165) is 5.56 Å². The lowest BCUT2D eigenvalue weighted by atomic mass is 10.2. The first-order valence-electron chi connectivity index (χ1n) is 10.5. The van der Waals surface area contributed by atoms with Crippen molar-refractivity contribution in [2.45, 2.75) is 31.7 Å². The number of anilines is 1. The second-order valence-electron chi connectivity index (χ2n) is 7.30. The number of hydrogen-bond acceptors (Lipinski definition) is 7. The monoisotopic (exact) mass is 567 g/mol. The molecule has 0 spiro atoms. The van der Waals surface area contributed by atoms with Crippen molar-refractivity contribution in [2.75, 3.05) is 11.1 Å². The molecule has 0 radical (unpaired) electrons. The zero-order valence-electron chi connectivity index (χ0n) is 18.7. The highest BCUT2D eigenvalue weighted by Crippen LogP contribution is 2.32. The Morgan fingerprint density at radius 2 is 1.97 bits per heavy atom. The standard InChI is InChI=1S/C23H20Cl3N5O2S2/c1-3-31-21(13(2)33-16-6-4-5-14(24)9-16)29-30-23(31)35-12-20(32)28-22-27-19(11-34-22)17-8-7-15(25)10-18(17)26/h4-11,13H,3,12H2,1-2H3,(H,27,28,32). The van der Waals surface area contributed by atoms with Gasteiger partial charge in [-0.25, -0.2) is 4.98 Å². The van der Waals surface area contributed by atoms with Gasteiger partial charge in [-0.15, -0.1) is 21.5 Å². The summed E-state index contributed by atoms with van der Waals surface area (Å²) < 4.78 is 7.90. The largest absolute Gasteiger partial charge is 0.483 e. The van der Waals surface area contributed by atoms with E-state index in [1.807, 2.05) is 35.9 Å². The molecule has 0 aliphatic carbocycles. The van der Waals surface area contributed by atoms with Crippen molar-refractivity contribution < 1.29 is 9.53 Å². The summed E-state index contributed by atoms with van der Waals surface area (Å²) in [6, 6.07) is 12.4. The zero-order chi connectivity index (χ0) is 24.9. The second kappa shape index (κ2) is 11.6. The lowest BCUT2D eigenvalue weighted by molar-refractivity contribution is -0.113. The Balaban J connectivity index is 1.37. The Kier molecular flexibility index (Phi) is 8.56. The minimum Gasteiger partial charge on any atom is -0.483 e. The molecular formula is C23H20Cl3N5O2S2. The van der Waals surface area contributed by atoms with Crippen molar-refractivity contribution in [3.05, 3.63) is 68.7 Å². The Morgan fingerprint density at radius 1 is 1.17 bits per heavy atom. The van der Waals surface area contributed by atoms with Crippen LogP contribution in [0.25, 0.3) is 11.3 Å². The molecule has 35 heavy (non-hydrogen) atoms. The molecule has 1 unspecified atom stereocenters. The number of hydrogen-bond donors (Lipinski definition) is 1. The third-order valence-electron chi connectivity index (χ3n) is 4.82. The third-order valence-corrected chi connectivity index (χ3v) is 7.33. The molecule has 1 atom stereocenters. The van der Waals surface area contributed by atoms with Crippen LogP contribution < -0.4 is 10.1 Å². The number of amides is 1. The highest BCUT2D eigenvalue weighted by atomic mass is 35.5. The zero-order valence-corrected chi connectivity index (χ0v) is 22.6. The molecule has 0 fully saturated rings. The number of aromatic nitrogens is 4. The number of thioether (sulfide) groups is 1. The first-order valence-corrected chi connectivity index (χ1v) is 13.5. The van der Waals surface area contributed by atoms with Crippen LogP contribution in [0, 0.1) is 0 Å². The second-order valence-corrected chi connectivity index (χ2v) is 10.4. The average molecular weight is 569 g/mol. The number of benzene rings is 2. The van der Waals surface area contributed by atoms with E-state index in [1.54, 1.807) is 30.3 Å². The lowest BCUT2D eigenvalue weighted by Crippen LogP contribution is -2.15. The maximum Gasteiger partial charge on any atom is 0.236 e. The van der Waals surface area contributed by atoms with E-state index < -0.39 is 0 Å². The fourth-order valence-corrected chi connectivity index (χ4v) is 5.46. The minimum absolute atomic E-state index is 0.151. The van der Waals surface area contributed by atoms with Gasteiger partial charge in [0.25, 0.3) is 0 Å². The molecule has 0 aliphatic rings. The van der Waals surface area contributed by atoms with Crippen LogP contribution in [-0.2, 0) is 11.3 Å². The maximum atomic E-state index is 12.6. The molecule has 12 heteroatoms. The van der Waals surface area contributed by atoms with Gasteiger partial charge in [0.05, 0.1) is 16.5 Å². The van der Waals surface area contributed by atoms with E-state index in [0.29, 0.717) is 49.2 Å². The van der Waals surface area contributed by atoms with Crippen molar-refractivity contribution in [3.63, 3.8) is 0 Å². The molecule has 2 aromatic carbocycles. The molecule has 2 heterocycles. The first kappa shape index (κ1) is 25.8. The van der Waals surface area contributed by atoms with Gasteiger partial charge in [0.1, 0.15) is 5.75 Å². The Labute approximate surface area is 225 Å². The predicted octanol–water partition coefficient (Wildman–Crippen LogP) is 7.25. The number of carbonyl (C=O) groups is 1. The van der Waals surface area contributed by atoms with Gasteiger partial charge in [-0.3, -0.25) is 4.79 Å². The summed E-state index contributed by atoms with van der Waals surface area (Å²) in [6.07, 6.45) is -0.350. The molecule has 0 bridgehead atoms. The fourth-order valence-electron chi connectivity index (χ4n) is 3.24. The van der Waals surface area contributed by atoms with Crippen LogP contribution in [-0.4, -0.2) is 31.4 Å². The SMILES string of the molecule is CCn1c(SCC(=O)Nc2nc(-c3ccc(Cl)cc3Cl)cs2)nnc1C(C)Oc1cccc(Cl)c1. The van der Waals surface area contributed by atoms with Crippen molar-refractivity contribution in [2.24, 2.45) is 0 Å². The van der Waals surface area contributed by atoms with Gasteiger partial charge in [-0.2, -0.15) is 0 Å². The minimum atomic E-state index is -0.350. The Morgan fingerprint density at radius 3 is 2.71 bits per heavy atom. The van der Waals surface area contributed by atoms with E-state index in [1.165, 1.54) is 23.1 Å². The molecule has 182 valence electrons. The molecule has 0 aliphatic heterocycles. The summed E-state index contributed by atoms with van der Waals surface area (Å²) >= 11 is 20.9. The molecule has 4 rings (SSSR count). The third kappa shape index (κ3) is 6.48. The average Bonchev–Trinajstić information content (AvgIpc) is 3.44. The normalized spacial score (nSPS) is 11.9. The first-order chi connectivity index (χ1) is 16.8. The molecule has 7 nitrogen and oxygen atoms in total. The summed E-state index contributed by atoms with van der Waals surface area (Å²) in [6.45, 7) is 4.51. The van der Waals surface area contributed by atoms with Crippen molar-refractivity contribution in [1.82, 2.24) is 19.7 Å². The highest BCUT2D eigenvalue weighted by molar-refractivity contribution is 7.99. The number of ether oxygens (including phenoxy) is 1. The molecule has 1 N–H and O–H groups in total. The Hall–Kier alpha value is -2.30. The smallest absolute Gasteiger partial charge is 0.236 e. The van der Waals surface area contributed by atoms with Crippen LogP contribution in [0.4, 0.5) is 5.13 Å². The summed E-state index contributed by atoms with van der Waals surface area (Å²) in [5.41, 5.74) is 1.42. The fraction of sp³-hybridized carbons (Fsp3) is 0.217. The number of carbonyl (C=O) groups excluding carboxylic acids is 1. The number of rotatable bonds is 9. The summed E-state index contributed by atoms with van der Waals surface area (Å²) in [5, 5.41) is 16.0. The van der Waals surface area contributed by atoms with E-state index in [2.05, 4.69) is 20.5 Å². The van der Waals surface area contributed by atoms with Crippen LogP contribution >= 0.6 is 57.9 Å². The molecule has 2 aromatic heterocycles. The van der Waals surface area contributed by atoms with Gasteiger partial charge in [0, 0.05) is 27.5 Å². The van der Waals surface area contributed by atoms with Gasteiger partial charge in [0.2, 0.25) is 5.91 Å². The Bertz CT molecular complexity index is 1340. The van der Waals surface area contributed by atoms with Crippen LogP contribution in [0.2, 0.25) is 15.1 Å². The van der Waals surface area contributed by atoms with Crippen LogP contribution in [0.1, 0.15) is 25.8 Å². The number of nitrogens with one attached hydrogen (secondary N) is 1. The molecule has 1 amide bonds. The summed E-state index contributed by atoms with van der Waals surface area (Å²) in [4.78, 5) is 17.0. The topological polar surface area (TPSA) is 81.9 Å². The van der Waals surface area contributed by atoms with E-state index >= 15 is 0 Å². The van der Waals surface area contributed by atoms with Crippen molar-refractivity contribution >= 4 is 68.9 Å². The predicted molar refractivity (Wildman–Crippen MR) is 143 cm³/mol. The van der Waals surface area contributed by atoms with Crippen molar-refractivity contribution in [1.29, 1.82) is 0 Å². The summed E-state index contributed by atoms with van der Waals surface area (Å²) in [7, 11) is 0. The number of halogens is 3. The molecular weight excluding hydrogens is 549 g/mol.